The molecule has 0 amide bonds. The summed E-state index contributed by atoms with van der Waals surface area (Å²) in [4.78, 5) is 55.9. The zero-order chi connectivity index (χ0) is 24.3. The summed E-state index contributed by atoms with van der Waals surface area (Å²) in [6.45, 7) is 3.20. The van der Waals surface area contributed by atoms with Crippen molar-refractivity contribution >= 4 is 51.0 Å². The molecule has 0 fully saturated rings. The maximum absolute atomic E-state index is 12.5. The number of carbonyl (C=O) groups excluding carboxylic acids is 3. The van der Waals surface area contributed by atoms with E-state index in [1.807, 2.05) is 0 Å². The Morgan fingerprint density at radius 3 is 2.36 bits per heavy atom. The Morgan fingerprint density at radius 1 is 1.09 bits per heavy atom. The number of benzene rings is 1. The Bertz CT molecular complexity index is 1290. The molecule has 2 heterocycles. The van der Waals surface area contributed by atoms with Crippen LogP contribution in [0, 0.1) is 17.0 Å². The third-order valence-electron chi connectivity index (χ3n) is 4.44. The summed E-state index contributed by atoms with van der Waals surface area (Å²) in [5.74, 6) is -2.14. The largest absolute Gasteiger partial charge is 0.465 e. The first-order chi connectivity index (χ1) is 15.7. The van der Waals surface area contributed by atoms with E-state index in [2.05, 4.69) is 14.7 Å². The summed E-state index contributed by atoms with van der Waals surface area (Å²) in [6.07, 6.45) is 0. The van der Waals surface area contributed by atoms with Crippen LogP contribution in [0.5, 0.6) is 0 Å². The van der Waals surface area contributed by atoms with Crippen LogP contribution in [0.3, 0.4) is 0 Å². The van der Waals surface area contributed by atoms with Crippen molar-refractivity contribution in [2.75, 3.05) is 19.5 Å². The monoisotopic (exact) mass is 474 g/mol. The SMILES string of the molecule is CCOC(=O)c1sc2nc(COC(=O)c3cc(C(=O)OC)cc([N+](=O)[O-])c3)nc(N)c2c1C. The number of anilines is 1. The van der Waals surface area contributed by atoms with E-state index >= 15 is 0 Å². The predicted octanol–water partition coefficient (Wildman–Crippen LogP) is 2.81. The summed E-state index contributed by atoms with van der Waals surface area (Å²) in [6, 6.07) is 3.08. The second kappa shape index (κ2) is 9.56. The van der Waals surface area contributed by atoms with Crippen LogP contribution in [-0.2, 0) is 20.8 Å². The van der Waals surface area contributed by atoms with Crippen molar-refractivity contribution in [2.24, 2.45) is 0 Å². The average Bonchev–Trinajstić information content (AvgIpc) is 3.13. The van der Waals surface area contributed by atoms with Gasteiger partial charge >= 0.3 is 17.9 Å². The number of hydrogen-bond acceptors (Lipinski definition) is 12. The molecule has 0 aliphatic heterocycles. The number of esters is 3. The van der Waals surface area contributed by atoms with Crippen molar-refractivity contribution in [3.05, 3.63) is 55.7 Å². The van der Waals surface area contributed by atoms with Crippen LogP contribution in [0.2, 0.25) is 0 Å². The molecule has 3 rings (SSSR count). The van der Waals surface area contributed by atoms with Crippen molar-refractivity contribution in [1.29, 1.82) is 0 Å². The Balaban J connectivity index is 1.86. The van der Waals surface area contributed by atoms with Gasteiger partial charge in [0, 0.05) is 12.1 Å². The van der Waals surface area contributed by atoms with Gasteiger partial charge < -0.3 is 19.9 Å². The number of methoxy groups -OCH3 is 1. The van der Waals surface area contributed by atoms with E-state index in [0.29, 0.717) is 20.7 Å². The molecule has 0 spiro atoms. The number of nitrogen functional groups attached to an aromatic ring is 1. The Kier molecular flexibility index (Phi) is 6.82. The highest BCUT2D eigenvalue weighted by molar-refractivity contribution is 7.20. The van der Waals surface area contributed by atoms with Crippen LogP contribution >= 0.6 is 11.3 Å². The van der Waals surface area contributed by atoms with Gasteiger partial charge in [-0.15, -0.1) is 11.3 Å². The molecule has 0 saturated carbocycles. The summed E-state index contributed by atoms with van der Waals surface area (Å²) in [5, 5.41) is 11.6. The fourth-order valence-corrected chi connectivity index (χ4v) is 4.06. The third-order valence-corrected chi connectivity index (χ3v) is 5.61. The van der Waals surface area contributed by atoms with Gasteiger partial charge in [0.2, 0.25) is 0 Å². The maximum Gasteiger partial charge on any atom is 0.348 e. The number of hydrogen-bond donors (Lipinski definition) is 1. The number of aryl methyl sites for hydroxylation is 1. The number of rotatable bonds is 7. The quantitative estimate of drug-likeness (QED) is 0.231. The second-order valence-corrected chi connectivity index (χ2v) is 7.57. The van der Waals surface area contributed by atoms with E-state index in [-0.39, 0.29) is 29.4 Å². The standard InChI is InChI=1S/C20H18N4O8S/c1-4-31-20(27)15-9(2)14-16(21)22-13(23-17(14)33-15)8-32-19(26)11-5-10(18(25)30-3)6-12(7-11)24(28)29/h5-7H,4,8H2,1-3H3,(H2,21,22,23). The number of non-ortho nitro benzene ring substituents is 1. The average molecular weight is 474 g/mol. The van der Waals surface area contributed by atoms with Gasteiger partial charge in [-0.1, -0.05) is 0 Å². The number of fused-ring (bicyclic) bond motifs is 1. The van der Waals surface area contributed by atoms with Gasteiger partial charge in [0.25, 0.3) is 5.69 Å². The van der Waals surface area contributed by atoms with Gasteiger partial charge in [-0.25, -0.2) is 24.4 Å². The fourth-order valence-electron chi connectivity index (χ4n) is 2.96. The molecular weight excluding hydrogens is 456 g/mol. The summed E-state index contributed by atoms with van der Waals surface area (Å²) < 4.78 is 14.7. The van der Waals surface area contributed by atoms with Crippen molar-refractivity contribution in [3.8, 4) is 0 Å². The van der Waals surface area contributed by atoms with Gasteiger partial charge in [0.15, 0.2) is 12.4 Å². The predicted molar refractivity (Wildman–Crippen MR) is 116 cm³/mol. The van der Waals surface area contributed by atoms with Crippen LogP contribution < -0.4 is 5.73 Å². The van der Waals surface area contributed by atoms with Gasteiger partial charge in [0.05, 0.1) is 35.2 Å². The molecule has 0 bridgehead atoms. The Hall–Kier alpha value is -4.13. The number of thiophene rings is 1. The van der Waals surface area contributed by atoms with Crippen LogP contribution in [-0.4, -0.2) is 46.5 Å². The van der Waals surface area contributed by atoms with Crippen molar-refractivity contribution < 1.29 is 33.5 Å². The molecule has 0 radical (unpaired) electrons. The first-order valence-electron chi connectivity index (χ1n) is 9.43. The maximum atomic E-state index is 12.5. The third kappa shape index (κ3) is 4.87. The van der Waals surface area contributed by atoms with Crippen LogP contribution in [0.25, 0.3) is 10.2 Å². The highest BCUT2D eigenvalue weighted by Crippen LogP contribution is 2.33. The molecule has 0 unspecified atom stereocenters. The summed E-state index contributed by atoms with van der Waals surface area (Å²) in [7, 11) is 1.11. The Labute approximate surface area is 190 Å². The van der Waals surface area contributed by atoms with E-state index in [0.717, 1.165) is 36.6 Å². The lowest BCUT2D eigenvalue weighted by atomic mass is 10.1. The topological polar surface area (TPSA) is 174 Å². The lowest BCUT2D eigenvalue weighted by Crippen LogP contribution is -2.11. The molecule has 1 aromatic carbocycles. The summed E-state index contributed by atoms with van der Waals surface area (Å²) in [5.41, 5.74) is 5.72. The van der Waals surface area contributed by atoms with Gasteiger partial charge in [-0.2, -0.15) is 0 Å². The van der Waals surface area contributed by atoms with E-state index in [4.69, 9.17) is 15.2 Å². The first kappa shape index (κ1) is 23.5. The number of nitro benzene ring substituents is 1. The number of carbonyl (C=O) groups is 3. The number of nitrogens with two attached hydrogens (primary N) is 1. The zero-order valence-corrected chi connectivity index (χ0v) is 18.6. The minimum absolute atomic E-state index is 0.0589. The van der Waals surface area contributed by atoms with Crippen molar-refractivity contribution in [2.45, 2.75) is 20.5 Å². The molecule has 12 nitrogen and oxygen atoms in total. The highest BCUT2D eigenvalue weighted by Gasteiger charge is 2.22. The summed E-state index contributed by atoms with van der Waals surface area (Å²) >= 11 is 1.07. The van der Waals surface area contributed by atoms with Gasteiger partial charge in [0.1, 0.15) is 15.5 Å². The van der Waals surface area contributed by atoms with E-state index < -0.39 is 35.1 Å². The molecule has 13 heteroatoms. The molecule has 0 aliphatic rings. The van der Waals surface area contributed by atoms with Gasteiger partial charge in [-0.3, -0.25) is 10.1 Å². The van der Waals surface area contributed by atoms with Crippen molar-refractivity contribution in [1.82, 2.24) is 9.97 Å². The second-order valence-electron chi connectivity index (χ2n) is 6.58. The van der Waals surface area contributed by atoms with Crippen molar-refractivity contribution in [3.63, 3.8) is 0 Å². The number of aromatic nitrogens is 2. The Morgan fingerprint density at radius 2 is 1.76 bits per heavy atom. The molecule has 3 aromatic rings. The lowest BCUT2D eigenvalue weighted by molar-refractivity contribution is -0.384. The van der Waals surface area contributed by atoms with Crippen LogP contribution in [0.1, 0.15) is 48.7 Å². The minimum Gasteiger partial charge on any atom is -0.465 e. The van der Waals surface area contributed by atoms with Crippen LogP contribution in [0.15, 0.2) is 18.2 Å². The fraction of sp³-hybridized carbons (Fsp3) is 0.250. The molecule has 0 aliphatic carbocycles. The number of nitrogens with zero attached hydrogens (tertiary/aromatic N) is 3. The molecule has 172 valence electrons. The van der Waals surface area contributed by atoms with E-state index in [9.17, 15) is 24.5 Å². The van der Waals surface area contributed by atoms with E-state index in [1.165, 1.54) is 0 Å². The zero-order valence-electron chi connectivity index (χ0n) is 17.7. The van der Waals surface area contributed by atoms with Crippen LogP contribution in [0.4, 0.5) is 11.5 Å². The smallest absolute Gasteiger partial charge is 0.348 e. The molecule has 2 N–H and O–H groups in total. The molecule has 33 heavy (non-hydrogen) atoms. The molecule has 2 aromatic heterocycles. The number of nitro groups is 1. The highest BCUT2D eigenvalue weighted by atomic mass is 32.1. The minimum atomic E-state index is -0.944. The van der Waals surface area contributed by atoms with E-state index in [1.54, 1.807) is 13.8 Å². The first-order valence-corrected chi connectivity index (χ1v) is 10.2. The normalized spacial score (nSPS) is 10.6. The molecular formula is C20H18N4O8S. The van der Waals surface area contributed by atoms with Gasteiger partial charge in [-0.05, 0) is 25.5 Å². The molecule has 0 saturated heterocycles. The molecule has 0 atom stereocenters. The lowest BCUT2D eigenvalue weighted by Gasteiger charge is -2.07. The number of ether oxygens (including phenoxy) is 3.